The molecule has 1 aliphatic carbocycles. The summed E-state index contributed by atoms with van der Waals surface area (Å²) in [5.74, 6) is 1.76. The van der Waals surface area contributed by atoms with Gasteiger partial charge >= 0.3 is 0 Å². The van der Waals surface area contributed by atoms with Crippen molar-refractivity contribution in [3.05, 3.63) is 24.3 Å². The Bertz CT molecular complexity index is 429. The number of piperidine rings is 1. The van der Waals surface area contributed by atoms with Crippen LogP contribution in [0.1, 0.15) is 46.0 Å². The first-order valence-corrected chi connectivity index (χ1v) is 8.34. The third-order valence-electron chi connectivity index (χ3n) is 5.08. The Morgan fingerprint density at radius 2 is 1.75 bits per heavy atom. The highest BCUT2D eigenvalue weighted by atomic mass is 15.2. The van der Waals surface area contributed by atoms with E-state index in [2.05, 4.69) is 48.3 Å². The van der Waals surface area contributed by atoms with Crippen molar-refractivity contribution < 1.29 is 0 Å². The summed E-state index contributed by atoms with van der Waals surface area (Å²) in [6.45, 7) is 7.14. The summed E-state index contributed by atoms with van der Waals surface area (Å²) in [6.07, 6.45) is 6.75. The Balaban J connectivity index is 1.64. The van der Waals surface area contributed by atoms with E-state index in [0.29, 0.717) is 6.04 Å². The molecule has 20 heavy (non-hydrogen) atoms. The van der Waals surface area contributed by atoms with Crippen molar-refractivity contribution in [3.8, 4) is 0 Å². The van der Waals surface area contributed by atoms with Crippen LogP contribution in [-0.2, 0) is 0 Å². The number of para-hydroxylation sites is 2. The molecule has 0 amide bonds. The van der Waals surface area contributed by atoms with Gasteiger partial charge in [-0.2, -0.15) is 0 Å². The summed E-state index contributed by atoms with van der Waals surface area (Å²) < 4.78 is 0. The maximum atomic E-state index is 3.79. The van der Waals surface area contributed by atoms with Crippen LogP contribution >= 0.6 is 0 Å². The molecule has 2 aliphatic rings. The van der Waals surface area contributed by atoms with Gasteiger partial charge in [-0.25, -0.2) is 0 Å². The topological polar surface area (TPSA) is 15.3 Å². The SMILES string of the molecule is CC(C)C1CC(Nc2ccccc2N2CCCCC2)C1. The number of hydrogen-bond donors (Lipinski definition) is 1. The van der Waals surface area contributed by atoms with Crippen LogP contribution < -0.4 is 10.2 Å². The zero-order chi connectivity index (χ0) is 13.9. The maximum Gasteiger partial charge on any atom is 0.0602 e. The summed E-state index contributed by atoms with van der Waals surface area (Å²) in [5.41, 5.74) is 2.77. The molecule has 110 valence electrons. The van der Waals surface area contributed by atoms with Gasteiger partial charge in [-0.1, -0.05) is 26.0 Å². The smallest absolute Gasteiger partial charge is 0.0602 e. The summed E-state index contributed by atoms with van der Waals surface area (Å²) in [5, 5.41) is 3.79. The van der Waals surface area contributed by atoms with Crippen molar-refractivity contribution in [3.63, 3.8) is 0 Å². The van der Waals surface area contributed by atoms with Crippen molar-refractivity contribution in [2.24, 2.45) is 11.8 Å². The number of rotatable bonds is 4. The minimum absolute atomic E-state index is 0.688. The Morgan fingerprint density at radius 3 is 2.45 bits per heavy atom. The number of nitrogens with zero attached hydrogens (tertiary/aromatic N) is 1. The molecular formula is C18H28N2. The Hall–Kier alpha value is -1.18. The third-order valence-corrected chi connectivity index (χ3v) is 5.08. The van der Waals surface area contributed by atoms with Crippen LogP contribution in [0.25, 0.3) is 0 Å². The molecule has 0 atom stereocenters. The highest BCUT2D eigenvalue weighted by Gasteiger charge is 2.31. The molecule has 1 aliphatic heterocycles. The molecule has 1 heterocycles. The van der Waals surface area contributed by atoms with Gasteiger partial charge in [0, 0.05) is 19.1 Å². The predicted molar refractivity (Wildman–Crippen MR) is 87.5 cm³/mol. The molecule has 2 fully saturated rings. The minimum Gasteiger partial charge on any atom is -0.381 e. The van der Waals surface area contributed by atoms with E-state index in [0.717, 1.165) is 11.8 Å². The van der Waals surface area contributed by atoms with Crippen LogP contribution in [0.3, 0.4) is 0 Å². The summed E-state index contributed by atoms with van der Waals surface area (Å²) in [4.78, 5) is 2.56. The second kappa shape index (κ2) is 6.07. The van der Waals surface area contributed by atoms with Crippen LogP contribution in [0, 0.1) is 11.8 Å². The lowest BCUT2D eigenvalue weighted by Gasteiger charge is -2.40. The lowest BCUT2D eigenvalue weighted by Crippen LogP contribution is -2.38. The van der Waals surface area contributed by atoms with Gasteiger partial charge in [0.1, 0.15) is 0 Å². The summed E-state index contributed by atoms with van der Waals surface area (Å²) in [7, 11) is 0. The lowest BCUT2D eigenvalue weighted by atomic mass is 9.73. The Labute approximate surface area is 123 Å². The lowest BCUT2D eigenvalue weighted by molar-refractivity contribution is 0.212. The molecule has 2 heteroatoms. The molecule has 0 unspecified atom stereocenters. The summed E-state index contributed by atoms with van der Waals surface area (Å²) >= 11 is 0. The zero-order valence-corrected chi connectivity index (χ0v) is 12.9. The molecule has 1 saturated carbocycles. The molecule has 0 bridgehead atoms. The van der Waals surface area contributed by atoms with Crippen LogP contribution in [0.2, 0.25) is 0 Å². The van der Waals surface area contributed by atoms with E-state index in [1.54, 1.807) is 0 Å². The van der Waals surface area contributed by atoms with Gasteiger partial charge in [0.05, 0.1) is 11.4 Å². The molecule has 1 aromatic rings. The van der Waals surface area contributed by atoms with Crippen LogP contribution in [0.15, 0.2) is 24.3 Å². The van der Waals surface area contributed by atoms with Crippen LogP contribution in [0.4, 0.5) is 11.4 Å². The quantitative estimate of drug-likeness (QED) is 0.866. The predicted octanol–water partition coefficient (Wildman–Crippen LogP) is 4.52. The molecular weight excluding hydrogens is 244 g/mol. The van der Waals surface area contributed by atoms with E-state index in [4.69, 9.17) is 0 Å². The average molecular weight is 272 g/mol. The molecule has 1 aromatic carbocycles. The normalized spacial score (nSPS) is 26.4. The van der Waals surface area contributed by atoms with Gasteiger partial charge in [0.2, 0.25) is 0 Å². The fourth-order valence-electron chi connectivity index (χ4n) is 3.55. The van der Waals surface area contributed by atoms with Gasteiger partial charge in [-0.3, -0.25) is 0 Å². The largest absolute Gasteiger partial charge is 0.381 e. The number of hydrogen-bond acceptors (Lipinski definition) is 2. The van der Waals surface area contributed by atoms with E-state index in [9.17, 15) is 0 Å². The first-order valence-electron chi connectivity index (χ1n) is 8.34. The monoisotopic (exact) mass is 272 g/mol. The van der Waals surface area contributed by atoms with Gasteiger partial charge in [0.25, 0.3) is 0 Å². The number of benzene rings is 1. The van der Waals surface area contributed by atoms with E-state index in [1.165, 1.54) is 56.6 Å². The Kier molecular flexibility index (Phi) is 4.18. The number of nitrogens with one attached hydrogen (secondary N) is 1. The maximum absolute atomic E-state index is 3.79. The molecule has 1 N–H and O–H groups in total. The van der Waals surface area contributed by atoms with E-state index >= 15 is 0 Å². The summed E-state index contributed by atoms with van der Waals surface area (Å²) in [6, 6.07) is 9.56. The van der Waals surface area contributed by atoms with Gasteiger partial charge in [-0.05, 0) is 56.1 Å². The molecule has 0 spiro atoms. The van der Waals surface area contributed by atoms with Gasteiger partial charge in [-0.15, -0.1) is 0 Å². The van der Waals surface area contributed by atoms with Crippen molar-refractivity contribution in [2.75, 3.05) is 23.3 Å². The van der Waals surface area contributed by atoms with Crippen molar-refractivity contribution >= 4 is 11.4 Å². The molecule has 0 radical (unpaired) electrons. The third kappa shape index (κ3) is 2.94. The van der Waals surface area contributed by atoms with Crippen molar-refractivity contribution in [1.29, 1.82) is 0 Å². The molecule has 0 aromatic heterocycles. The van der Waals surface area contributed by atoms with Gasteiger partial charge in [0.15, 0.2) is 0 Å². The van der Waals surface area contributed by atoms with Crippen molar-refractivity contribution in [1.82, 2.24) is 0 Å². The fourth-order valence-corrected chi connectivity index (χ4v) is 3.55. The highest BCUT2D eigenvalue weighted by molar-refractivity contribution is 5.70. The molecule has 3 rings (SSSR count). The highest BCUT2D eigenvalue weighted by Crippen LogP contribution is 2.37. The molecule has 1 saturated heterocycles. The average Bonchev–Trinajstić information content (AvgIpc) is 2.43. The second-order valence-electron chi connectivity index (χ2n) is 6.88. The standard InChI is InChI=1S/C18H28N2/c1-14(2)15-12-16(13-15)19-17-8-4-5-9-18(17)20-10-6-3-7-11-20/h4-5,8-9,14-16,19H,3,6-7,10-13H2,1-2H3. The second-order valence-corrected chi connectivity index (χ2v) is 6.88. The van der Waals surface area contributed by atoms with Crippen molar-refractivity contribution in [2.45, 2.75) is 52.0 Å². The Morgan fingerprint density at radius 1 is 1.05 bits per heavy atom. The number of anilines is 2. The first-order chi connectivity index (χ1) is 9.74. The van der Waals surface area contributed by atoms with E-state index in [-0.39, 0.29) is 0 Å². The van der Waals surface area contributed by atoms with E-state index in [1.807, 2.05) is 0 Å². The zero-order valence-electron chi connectivity index (χ0n) is 12.9. The fraction of sp³-hybridized carbons (Fsp3) is 0.667. The molecule has 2 nitrogen and oxygen atoms in total. The van der Waals surface area contributed by atoms with Gasteiger partial charge < -0.3 is 10.2 Å². The van der Waals surface area contributed by atoms with Crippen LogP contribution in [-0.4, -0.2) is 19.1 Å². The first kappa shape index (κ1) is 13.8. The minimum atomic E-state index is 0.688. The van der Waals surface area contributed by atoms with E-state index < -0.39 is 0 Å². The van der Waals surface area contributed by atoms with Crippen LogP contribution in [0.5, 0.6) is 0 Å².